The zero-order valence-corrected chi connectivity index (χ0v) is 10.2. The van der Waals surface area contributed by atoms with Gasteiger partial charge in [-0.3, -0.25) is 0 Å². The van der Waals surface area contributed by atoms with Gasteiger partial charge in [0, 0.05) is 6.04 Å². The number of sulfone groups is 1. The monoisotopic (exact) mass is 245 g/mol. The summed E-state index contributed by atoms with van der Waals surface area (Å²) < 4.78 is 37.0. The molecule has 0 aliphatic carbocycles. The van der Waals surface area contributed by atoms with E-state index in [1.807, 2.05) is 6.92 Å². The minimum atomic E-state index is -3.54. The first-order valence-electron chi connectivity index (χ1n) is 5.14. The maximum Gasteiger partial charge on any atom is 0.182 e. The number of hydrogen-bond donors (Lipinski definition) is 1. The Morgan fingerprint density at radius 3 is 2.56 bits per heavy atom. The quantitative estimate of drug-likeness (QED) is 0.878. The Morgan fingerprint density at radius 1 is 1.44 bits per heavy atom. The number of hydrogen-bond acceptors (Lipinski definition) is 3. The van der Waals surface area contributed by atoms with Gasteiger partial charge in [0.05, 0.1) is 10.1 Å². The molecule has 0 amide bonds. The maximum absolute atomic E-state index is 12.9. The Bertz CT molecular complexity index is 459. The van der Waals surface area contributed by atoms with Crippen molar-refractivity contribution in [3.8, 4) is 0 Å². The molecule has 0 aliphatic rings. The molecule has 0 radical (unpaired) electrons. The van der Waals surface area contributed by atoms with E-state index in [1.54, 1.807) is 6.92 Å². The zero-order chi connectivity index (χ0) is 12.3. The van der Waals surface area contributed by atoms with E-state index in [9.17, 15) is 12.8 Å². The first kappa shape index (κ1) is 13.1. The van der Waals surface area contributed by atoms with Crippen molar-refractivity contribution >= 4 is 9.84 Å². The van der Waals surface area contributed by atoms with E-state index >= 15 is 0 Å². The van der Waals surface area contributed by atoms with Crippen LogP contribution in [0.15, 0.2) is 29.2 Å². The lowest BCUT2D eigenvalue weighted by atomic mass is 10.2. The standard InChI is InChI=1S/C11H16FNO2S/c1-3-11(13)8(2)16(14,15)10-6-4-5-9(12)7-10/h4-8,11H,3,13H2,1-2H3. The van der Waals surface area contributed by atoms with Crippen molar-refractivity contribution < 1.29 is 12.8 Å². The topological polar surface area (TPSA) is 60.2 Å². The van der Waals surface area contributed by atoms with Crippen molar-refractivity contribution in [3.05, 3.63) is 30.1 Å². The molecule has 0 saturated heterocycles. The summed E-state index contributed by atoms with van der Waals surface area (Å²) in [6.45, 7) is 3.37. The van der Waals surface area contributed by atoms with Crippen molar-refractivity contribution in [1.82, 2.24) is 0 Å². The van der Waals surface area contributed by atoms with Gasteiger partial charge >= 0.3 is 0 Å². The lowest BCUT2D eigenvalue weighted by Crippen LogP contribution is -2.37. The molecular formula is C11H16FNO2S. The average molecular weight is 245 g/mol. The van der Waals surface area contributed by atoms with Gasteiger partial charge in [-0.2, -0.15) is 0 Å². The molecule has 1 aromatic rings. The minimum absolute atomic E-state index is 0.0103. The number of halogens is 1. The SMILES string of the molecule is CCC(N)C(C)S(=O)(=O)c1cccc(F)c1. The lowest BCUT2D eigenvalue weighted by Gasteiger charge is -2.18. The molecule has 5 heteroatoms. The second kappa shape index (κ2) is 4.93. The Balaban J connectivity index is 3.12. The van der Waals surface area contributed by atoms with Gasteiger partial charge in [0.25, 0.3) is 0 Å². The summed E-state index contributed by atoms with van der Waals surface area (Å²) in [6, 6.07) is 4.56. The molecule has 0 heterocycles. The molecule has 16 heavy (non-hydrogen) atoms. The smallest absolute Gasteiger partial charge is 0.182 e. The van der Waals surface area contributed by atoms with Gasteiger partial charge in [-0.1, -0.05) is 13.0 Å². The van der Waals surface area contributed by atoms with Crippen LogP contribution in [0.25, 0.3) is 0 Å². The molecule has 2 atom stereocenters. The molecule has 0 spiro atoms. The maximum atomic E-state index is 12.9. The van der Waals surface area contributed by atoms with E-state index in [0.29, 0.717) is 6.42 Å². The van der Waals surface area contributed by atoms with Gasteiger partial charge in [-0.25, -0.2) is 12.8 Å². The van der Waals surface area contributed by atoms with Gasteiger partial charge in [0.2, 0.25) is 0 Å². The molecule has 0 saturated carbocycles. The van der Waals surface area contributed by atoms with Crippen LogP contribution in [-0.4, -0.2) is 19.7 Å². The van der Waals surface area contributed by atoms with Crippen LogP contribution in [-0.2, 0) is 9.84 Å². The molecule has 2 N–H and O–H groups in total. The summed E-state index contributed by atoms with van der Waals surface area (Å²) >= 11 is 0. The van der Waals surface area contributed by atoms with Crippen LogP contribution in [0.1, 0.15) is 20.3 Å². The third-order valence-electron chi connectivity index (χ3n) is 2.69. The second-order valence-corrected chi connectivity index (χ2v) is 6.08. The molecule has 3 nitrogen and oxygen atoms in total. The molecule has 0 aromatic heterocycles. The molecular weight excluding hydrogens is 229 g/mol. The molecule has 0 aliphatic heterocycles. The van der Waals surface area contributed by atoms with Crippen molar-refractivity contribution in [2.45, 2.75) is 36.5 Å². The van der Waals surface area contributed by atoms with E-state index in [0.717, 1.165) is 6.07 Å². The molecule has 1 rings (SSSR count). The fraction of sp³-hybridized carbons (Fsp3) is 0.455. The van der Waals surface area contributed by atoms with Crippen molar-refractivity contribution in [2.24, 2.45) is 5.73 Å². The second-order valence-electron chi connectivity index (χ2n) is 3.78. The van der Waals surface area contributed by atoms with Gasteiger partial charge in [-0.15, -0.1) is 0 Å². The summed E-state index contributed by atoms with van der Waals surface area (Å²) in [7, 11) is -3.54. The van der Waals surface area contributed by atoms with Crippen LogP contribution >= 0.6 is 0 Å². The van der Waals surface area contributed by atoms with E-state index in [-0.39, 0.29) is 4.90 Å². The summed E-state index contributed by atoms with van der Waals surface area (Å²) in [6.07, 6.45) is 0.565. The van der Waals surface area contributed by atoms with Crippen LogP contribution in [0.2, 0.25) is 0 Å². The normalized spacial score (nSPS) is 15.8. The molecule has 0 bridgehead atoms. The van der Waals surface area contributed by atoms with E-state index in [4.69, 9.17) is 5.73 Å². The van der Waals surface area contributed by atoms with E-state index < -0.39 is 26.9 Å². The Morgan fingerprint density at radius 2 is 2.06 bits per heavy atom. The average Bonchev–Trinajstić information content (AvgIpc) is 2.27. The van der Waals surface area contributed by atoms with Crippen LogP contribution < -0.4 is 5.73 Å². The number of benzene rings is 1. The highest BCUT2D eigenvalue weighted by Crippen LogP contribution is 2.19. The number of rotatable bonds is 4. The van der Waals surface area contributed by atoms with Gasteiger partial charge in [-0.05, 0) is 31.5 Å². The molecule has 0 fully saturated rings. The first-order chi connectivity index (χ1) is 7.39. The Labute approximate surface area is 95.4 Å². The van der Waals surface area contributed by atoms with Crippen LogP contribution in [0, 0.1) is 5.82 Å². The van der Waals surface area contributed by atoms with Crippen molar-refractivity contribution in [1.29, 1.82) is 0 Å². The minimum Gasteiger partial charge on any atom is -0.327 e. The van der Waals surface area contributed by atoms with Gasteiger partial charge < -0.3 is 5.73 Å². The summed E-state index contributed by atoms with van der Waals surface area (Å²) in [4.78, 5) is -0.0103. The van der Waals surface area contributed by atoms with Crippen LogP contribution in [0.4, 0.5) is 4.39 Å². The highest BCUT2D eigenvalue weighted by Gasteiger charge is 2.27. The van der Waals surface area contributed by atoms with Crippen LogP contribution in [0.5, 0.6) is 0 Å². The highest BCUT2D eigenvalue weighted by atomic mass is 32.2. The Kier molecular flexibility index (Phi) is 4.04. The van der Waals surface area contributed by atoms with E-state index in [2.05, 4.69) is 0 Å². The molecule has 2 unspecified atom stereocenters. The van der Waals surface area contributed by atoms with E-state index in [1.165, 1.54) is 18.2 Å². The predicted octanol–water partition coefficient (Wildman–Crippen LogP) is 1.73. The fourth-order valence-corrected chi connectivity index (χ4v) is 3.05. The Hall–Kier alpha value is -0.940. The molecule has 90 valence electrons. The predicted molar refractivity (Wildman–Crippen MR) is 61.3 cm³/mol. The third-order valence-corrected chi connectivity index (χ3v) is 4.93. The fourth-order valence-electron chi connectivity index (χ4n) is 1.42. The molecule has 1 aromatic carbocycles. The first-order valence-corrected chi connectivity index (χ1v) is 6.69. The largest absolute Gasteiger partial charge is 0.327 e. The van der Waals surface area contributed by atoms with Gasteiger partial charge in [0.15, 0.2) is 9.84 Å². The summed E-state index contributed by atoms with van der Waals surface area (Å²) in [5, 5.41) is -0.709. The number of nitrogens with two attached hydrogens (primary N) is 1. The summed E-state index contributed by atoms with van der Waals surface area (Å²) in [5.41, 5.74) is 5.71. The van der Waals surface area contributed by atoms with Gasteiger partial charge in [0.1, 0.15) is 5.82 Å². The summed E-state index contributed by atoms with van der Waals surface area (Å²) in [5.74, 6) is -0.557. The lowest BCUT2D eigenvalue weighted by molar-refractivity contribution is 0.550. The highest BCUT2D eigenvalue weighted by molar-refractivity contribution is 7.92. The third kappa shape index (κ3) is 2.59. The van der Waals surface area contributed by atoms with Crippen molar-refractivity contribution in [2.75, 3.05) is 0 Å². The van der Waals surface area contributed by atoms with Crippen molar-refractivity contribution in [3.63, 3.8) is 0 Å². The zero-order valence-electron chi connectivity index (χ0n) is 9.35. The van der Waals surface area contributed by atoms with Crippen LogP contribution in [0.3, 0.4) is 0 Å².